The van der Waals surface area contributed by atoms with Gasteiger partial charge in [-0.3, -0.25) is 14.2 Å². The highest BCUT2D eigenvalue weighted by Crippen LogP contribution is 2.42. The molecule has 196 valence electrons. The lowest BCUT2D eigenvalue weighted by molar-refractivity contribution is -0.685. The van der Waals surface area contributed by atoms with Crippen molar-refractivity contribution >= 4 is 63.0 Å². The van der Waals surface area contributed by atoms with E-state index >= 15 is 0 Å². The third-order valence-electron chi connectivity index (χ3n) is 6.68. The Morgan fingerprint density at radius 3 is 2.82 bits per heavy atom. The van der Waals surface area contributed by atoms with Crippen LogP contribution in [0.15, 0.2) is 69.8 Å². The van der Waals surface area contributed by atoms with E-state index in [1.54, 1.807) is 27.7 Å². The smallest absolute Gasteiger partial charge is 0.325 e. The zero-order chi connectivity index (χ0) is 26.6. The van der Waals surface area contributed by atoms with Crippen molar-refractivity contribution in [2.24, 2.45) is 5.92 Å². The predicted molar refractivity (Wildman–Crippen MR) is 156 cm³/mol. The Balaban J connectivity index is 1.68. The molecule has 9 heteroatoms. The first-order valence-electron chi connectivity index (χ1n) is 12.5. The van der Waals surface area contributed by atoms with E-state index in [-0.39, 0.29) is 18.0 Å². The fraction of sp³-hybridized carbons (Fsp3) is 0.276. The van der Waals surface area contributed by atoms with Crippen LogP contribution in [0.1, 0.15) is 35.9 Å². The molecule has 1 aliphatic rings. The molecule has 0 amide bonds. The molecular weight excluding hydrogens is 556 g/mol. The standard InChI is InChI=1S/C29H28ClN2O3S3/c1-3-20-9-10-21-11-12-22(30)15-23(21)37-27(20)28-29(34)32(18-26(33)35-2)25(38-28)16-24-31(13-14-36-24)17-19-7-5-4-6-8-19/h4-8,11-16,20H,3,9-10,17-18H2,1-2H3/q+1. The maximum Gasteiger partial charge on any atom is 0.325 e. The molecule has 2 aromatic carbocycles. The van der Waals surface area contributed by atoms with Crippen molar-refractivity contribution < 1.29 is 14.1 Å². The molecule has 0 saturated carbocycles. The second kappa shape index (κ2) is 12.0. The predicted octanol–water partition coefficient (Wildman–Crippen LogP) is 4.84. The molecule has 2 aromatic heterocycles. The number of rotatable bonds is 6. The highest BCUT2D eigenvalue weighted by atomic mass is 35.5. The van der Waals surface area contributed by atoms with Gasteiger partial charge in [-0.05, 0) is 42.9 Å². The van der Waals surface area contributed by atoms with Crippen molar-refractivity contribution in [1.29, 1.82) is 0 Å². The minimum atomic E-state index is -0.447. The number of aromatic nitrogens is 2. The summed E-state index contributed by atoms with van der Waals surface area (Å²) in [4.78, 5) is 28.4. The molecule has 1 atom stereocenters. The van der Waals surface area contributed by atoms with Gasteiger partial charge in [0, 0.05) is 20.4 Å². The molecule has 3 heterocycles. The van der Waals surface area contributed by atoms with E-state index in [0.717, 1.165) is 45.3 Å². The number of methoxy groups -OCH3 is 1. The molecule has 4 aromatic rings. The first-order chi connectivity index (χ1) is 18.5. The van der Waals surface area contributed by atoms with E-state index in [4.69, 9.17) is 16.3 Å². The average molecular weight is 584 g/mol. The maximum absolute atomic E-state index is 13.9. The molecule has 0 fully saturated rings. The van der Waals surface area contributed by atoms with Crippen LogP contribution in [0.5, 0.6) is 0 Å². The number of esters is 1. The zero-order valence-corrected chi connectivity index (χ0v) is 24.4. The monoisotopic (exact) mass is 583 g/mol. The minimum Gasteiger partial charge on any atom is -0.468 e. The number of carbonyl (C=O) groups excluding carboxylic acids is 1. The fourth-order valence-electron chi connectivity index (χ4n) is 4.59. The van der Waals surface area contributed by atoms with Crippen LogP contribution < -0.4 is 19.3 Å². The van der Waals surface area contributed by atoms with Crippen molar-refractivity contribution in [3.05, 3.63) is 101 Å². The van der Waals surface area contributed by atoms with Gasteiger partial charge in [0.2, 0.25) is 0 Å². The van der Waals surface area contributed by atoms with Crippen LogP contribution in [-0.4, -0.2) is 17.6 Å². The summed E-state index contributed by atoms with van der Waals surface area (Å²) in [6.07, 6.45) is 6.89. The highest BCUT2D eigenvalue weighted by Gasteiger charge is 2.24. The van der Waals surface area contributed by atoms with E-state index in [1.165, 1.54) is 29.6 Å². The first-order valence-corrected chi connectivity index (χ1v) is 15.4. The zero-order valence-electron chi connectivity index (χ0n) is 21.2. The van der Waals surface area contributed by atoms with Crippen LogP contribution in [0.3, 0.4) is 0 Å². The summed E-state index contributed by atoms with van der Waals surface area (Å²) < 4.78 is 10.1. The Hall–Kier alpha value is -2.65. The number of hydrogen-bond donors (Lipinski definition) is 0. The Labute approximate surface area is 238 Å². The van der Waals surface area contributed by atoms with Gasteiger partial charge in [-0.15, -0.1) is 11.3 Å². The van der Waals surface area contributed by atoms with Gasteiger partial charge in [-0.2, -0.15) is 4.57 Å². The molecular formula is C29H28ClN2O3S3+. The second-order valence-corrected chi connectivity index (χ2v) is 12.6. The third-order valence-corrected chi connectivity index (χ3v) is 10.4. The van der Waals surface area contributed by atoms with E-state index < -0.39 is 5.97 Å². The Bertz CT molecular complexity index is 1640. The van der Waals surface area contributed by atoms with Gasteiger partial charge in [0.1, 0.15) is 15.7 Å². The lowest BCUT2D eigenvalue weighted by atomic mass is 9.97. The van der Waals surface area contributed by atoms with Crippen LogP contribution in [0.25, 0.3) is 11.0 Å². The molecule has 5 rings (SSSR count). The van der Waals surface area contributed by atoms with Gasteiger partial charge in [0.15, 0.2) is 12.7 Å². The first kappa shape index (κ1) is 26.9. The molecule has 0 spiro atoms. The molecule has 0 bridgehead atoms. The van der Waals surface area contributed by atoms with Crippen LogP contribution in [0, 0.1) is 5.92 Å². The van der Waals surface area contributed by atoms with Crippen molar-refractivity contribution in [2.75, 3.05) is 7.11 Å². The number of fused-ring (bicyclic) bond motifs is 1. The molecule has 0 saturated heterocycles. The molecule has 0 N–H and O–H groups in total. The molecule has 0 aliphatic carbocycles. The largest absolute Gasteiger partial charge is 0.468 e. The second-order valence-electron chi connectivity index (χ2n) is 9.10. The number of ether oxygens (including phenoxy) is 1. The summed E-state index contributed by atoms with van der Waals surface area (Å²) in [5.41, 5.74) is 2.30. The number of halogens is 1. The molecule has 0 radical (unpaired) electrons. The highest BCUT2D eigenvalue weighted by molar-refractivity contribution is 8.08. The molecule has 1 unspecified atom stereocenters. The van der Waals surface area contributed by atoms with Gasteiger partial charge >= 0.3 is 5.97 Å². The van der Waals surface area contributed by atoms with E-state index in [9.17, 15) is 9.59 Å². The van der Waals surface area contributed by atoms with Crippen molar-refractivity contribution in [3.63, 3.8) is 0 Å². The topological polar surface area (TPSA) is 52.2 Å². The summed E-state index contributed by atoms with van der Waals surface area (Å²) in [5.74, 6) is -0.196. The van der Waals surface area contributed by atoms with Crippen LogP contribution >= 0.6 is 46.0 Å². The summed E-state index contributed by atoms with van der Waals surface area (Å²) in [5, 5.41) is 3.73. The lowest BCUT2D eigenvalue weighted by Gasteiger charge is -2.13. The Morgan fingerprint density at radius 1 is 1.24 bits per heavy atom. The molecule has 1 aliphatic heterocycles. The summed E-state index contributed by atoms with van der Waals surface area (Å²) >= 11 is 11.0. The number of thiazole rings is 2. The van der Waals surface area contributed by atoms with Gasteiger partial charge in [0.05, 0.1) is 18.6 Å². The lowest BCUT2D eigenvalue weighted by Crippen LogP contribution is -2.37. The quantitative estimate of drug-likeness (QED) is 0.241. The van der Waals surface area contributed by atoms with Gasteiger partial charge < -0.3 is 4.74 Å². The maximum atomic E-state index is 13.9. The van der Waals surface area contributed by atoms with Gasteiger partial charge in [0.25, 0.3) is 10.6 Å². The Kier molecular flexibility index (Phi) is 8.53. The number of aryl methyl sites for hydroxylation is 1. The third kappa shape index (κ3) is 5.83. The summed E-state index contributed by atoms with van der Waals surface area (Å²) in [6, 6.07) is 16.3. The van der Waals surface area contributed by atoms with Crippen LogP contribution in [0.2, 0.25) is 5.02 Å². The van der Waals surface area contributed by atoms with Gasteiger partial charge in [-0.25, -0.2) is 0 Å². The number of nitrogens with zero attached hydrogens (tertiary/aromatic N) is 2. The van der Waals surface area contributed by atoms with E-state index in [0.29, 0.717) is 9.55 Å². The van der Waals surface area contributed by atoms with Crippen molar-refractivity contribution in [3.8, 4) is 0 Å². The normalized spacial score (nSPS) is 17.2. The van der Waals surface area contributed by atoms with Crippen LogP contribution in [-0.2, 0) is 29.0 Å². The number of carbonyl (C=O) groups is 1. The summed E-state index contributed by atoms with van der Waals surface area (Å²) in [6.45, 7) is 2.76. The van der Waals surface area contributed by atoms with Crippen molar-refractivity contribution in [2.45, 2.75) is 44.2 Å². The van der Waals surface area contributed by atoms with E-state index in [1.807, 2.05) is 48.0 Å². The van der Waals surface area contributed by atoms with Crippen LogP contribution in [0.4, 0.5) is 0 Å². The van der Waals surface area contributed by atoms with Crippen molar-refractivity contribution in [1.82, 2.24) is 4.57 Å². The number of hydrogen-bond acceptors (Lipinski definition) is 6. The van der Waals surface area contributed by atoms with Gasteiger partial charge in [-0.1, -0.05) is 78.0 Å². The fourth-order valence-corrected chi connectivity index (χ4v) is 8.40. The number of benzene rings is 2. The van der Waals surface area contributed by atoms with E-state index in [2.05, 4.69) is 29.7 Å². The number of thioether (sulfide) groups is 1. The SMILES string of the molecule is CCC1CCc2ccc(Cl)cc2SC1=c1sc(=Cc2scc[n+]2Cc2ccccc2)n(CC(=O)OC)c1=O. The molecule has 5 nitrogen and oxygen atoms in total. The summed E-state index contributed by atoms with van der Waals surface area (Å²) in [7, 11) is 1.35. The average Bonchev–Trinajstić information content (AvgIpc) is 3.42. The Morgan fingerprint density at radius 2 is 2.05 bits per heavy atom. The molecule has 38 heavy (non-hydrogen) atoms. The minimum absolute atomic E-state index is 0.126.